The molecule has 2 heterocycles. The molecule has 0 amide bonds. The first-order valence-corrected chi connectivity index (χ1v) is 6.34. The highest BCUT2D eigenvalue weighted by Gasteiger charge is 2.24. The van der Waals surface area contributed by atoms with Gasteiger partial charge in [-0.25, -0.2) is 0 Å². The van der Waals surface area contributed by atoms with E-state index in [4.69, 9.17) is 10.9 Å². The molecule has 1 aromatic rings. The third kappa shape index (κ3) is 2.39. The van der Waals surface area contributed by atoms with Gasteiger partial charge in [-0.05, 0) is 37.8 Å². The van der Waals surface area contributed by atoms with Gasteiger partial charge in [-0.1, -0.05) is 12.1 Å². The molecule has 0 spiro atoms. The van der Waals surface area contributed by atoms with E-state index >= 15 is 0 Å². The van der Waals surface area contributed by atoms with Crippen molar-refractivity contribution in [2.24, 2.45) is 16.8 Å². The first-order valence-electron chi connectivity index (χ1n) is 6.34. The van der Waals surface area contributed by atoms with Gasteiger partial charge in [0, 0.05) is 12.6 Å². The molecule has 0 bridgehead atoms. The maximum atomic E-state index is 8.60. The molecule has 2 unspecified atom stereocenters. The fraction of sp³-hybridized carbons (Fsp3) is 0.538. The van der Waals surface area contributed by atoms with E-state index < -0.39 is 0 Å². The van der Waals surface area contributed by atoms with Crippen LogP contribution in [0.4, 0.5) is 5.69 Å². The van der Waals surface area contributed by atoms with Crippen LogP contribution in [0, 0.1) is 5.92 Å². The lowest BCUT2D eigenvalue weighted by atomic mass is 9.92. The summed E-state index contributed by atoms with van der Waals surface area (Å²) in [7, 11) is 0. The van der Waals surface area contributed by atoms with Gasteiger partial charge in [0.1, 0.15) is 5.69 Å². The van der Waals surface area contributed by atoms with E-state index in [0.717, 1.165) is 12.2 Å². The minimum atomic E-state index is 0.0432. The van der Waals surface area contributed by atoms with Crippen LogP contribution in [0.1, 0.15) is 32.4 Å². The van der Waals surface area contributed by atoms with Gasteiger partial charge in [0.15, 0.2) is 5.84 Å². The Balaban J connectivity index is 2.19. The van der Waals surface area contributed by atoms with Crippen LogP contribution in [-0.4, -0.2) is 28.6 Å². The van der Waals surface area contributed by atoms with Crippen molar-refractivity contribution in [3.63, 3.8) is 0 Å². The predicted molar refractivity (Wildman–Crippen MR) is 72.0 cm³/mol. The van der Waals surface area contributed by atoms with E-state index in [2.05, 4.69) is 28.9 Å². The number of nitrogens with two attached hydrogens (primary N) is 1. The molecule has 5 nitrogen and oxygen atoms in total. The average molecular weight is 248 g/mol. The summed E-state index contributed by atoms with van der Waals surface area (Å²) in [5.74, 6) is 0.740. The van der Waals surface area contributed by atoms with Crippen molar-refractivity contribution in [1.82, 2.24) is 4.98 Å². The van der Waals surface area contributed by atoms with Crippen LogP contribution in [0.2, 0.25) is 0 Å². The van der Waals surface area contributed by atoms with Crippen molar-refractivity contribution < 1.29 is 5.21 Å². The zero-order valence-corrected chi connectivity index (χ0v) is 10.9. The molecular weight excluding hydrogens is 228 g/mol. The lowest BCUT2D eigenvalue weighted by molar-refractivity contribution is 0.318. The van der Waals surface area contributed by atoms with Crippen LogP contribution in [0.5, 0.6) is 0 Å². The monoisotopic (exact) mass is 248 g/mol. The number of pyridine rings is 1. The number of amidine groups is 1. The Labute approximate surface area is 107 Å². The Morgan fingerprint density at radius 3 is 2.89 bits per heavy atom. The molecular formula is C13H20N4O. The van der Waals surface area contributed by atoms with E-state index in [0.29, 0.717) is 17.7 Å². The summed E-state index contributed by atoms with van der Waals surface area (Å²) in [5.41, 5.74) is 7.10. The molecule has 2 rings (SSSR count). The van der Waals surface area contributed by atoms with Gasteiger partial charge in [0.05, 0.1) is 11.9 Å². The Morgan fingerprint density at radius 1 is 1.50 bits per heavy atom. The van der Waals surface area contributed by atoms with Crippen LogP contribution in [0.25, 0.3) is 0 Å². The summed E-state index contributed by atoms with van der Waals surface area (Å²) >= 11 is 0. The number of aromatic nitrogens is 1. The van der Waals surface area contributed by atoms with Crippen molar-refractivity contribution in [1.29, 1.82) is 0 Å². The summed E-state index contributed by atoms with van der Waals surface area (Å²) < 4.78 is 0. The molecule has 0 aromatic carbocycles. The van der Waals surface area contributed by atoms with Crippen molar-refractivity contribution in [3.8, 4) is 0 Å². The highest BCUT2D eigenvalue weighted by atomic mass is 16.4. The first-order chi connectivity index (χ1) is 8.63. The van der Waals surface area contributed by atoms with E-state index in [1.54, 1.807) is 12.3 Å². The van der Waals surface area contributed by atoms with Gasteiger partial charge < -0.3 is 15.8 Å². The van der Waals surface area contributed by atoms with Crippen molar-refractivity contribution in [2.75, 3.05) is 11.4 Å². The number of hydrogen-bond acceptors (Lipinski definition) is 4. The van der Waals surface area contributed by atoms with E-state index in [1.165, 1.54) is 12.8 Å². The Morgan fingerprint density at radius 2 is 2.28 bits per heavy atom. The summed E-state index contributed by atoms with van der Waals surface area (Å²) in [6.07, 6.45) is 4.29. The normalized spacial score (nSPS) is 25.2. The maximum absolute atomic E-state index is 8.60. The number of oxime groups is 1. The lowest BCUT2D eigenvalue weighted by Crippen LogP contribution is -2.42. The standard InChI is InChI=1S/C13H20N4O/c1-9-4-3-7-17(10(9)2)11-5-6-12(15-8-11)13(14)16-18/h5-6,8-10,18H,3-4,7H2,1-2H3,(H2,14,16). The summed E-state index contributed by atoms with van der Waals surface area (Å²) in [5, 5.41) is 11.5. The summed E-state index contributed by atoms with van der Waals surface area (Å²) in [4.78, 5) is 6.60. The molecule has 1 saturated heterocycles. The van der Waals surface area contributed by atoms with E-state index in [9.17, 15) is 0 Å². The number of anilines is 1. The first kappa shape index (κ1) is 12.7. The molecule has 98 valence electrons. The maximum Gasteiger partial charge on any atom is 0.188 e. The van der Waals surface area contributed by atoms with E-state index in [1.807, 2.05) is 6.07 Å². The summed E-state index contributed by atoms with van der Waals surface area (Å²) in [6, 6.07) is 4.29. The molecule has 1 fully saturated rings. The number of hydrogen-bond donors (Lipinski definition) is 2. The molecule has 0 saturated carbocycles. The largest absolute Gasteiger partial charge is 0.409 e. The fourth-order valence-corrected chi connectivity index (χ4v) is 2.46. The molecule has 5 heteroatoms. The summed E-state index contributed by atoms with van der Waals surface area (Å²) in [6.45, 7) is 5.60. The average Bonchev–Trinajstić information content (AvgIpc) is 2.41. The molecule has 2 atom stereocenters. The molecule has 0 radical (unpaired) electrons. The SMILES string of the molecule is CC1CCCN(c2ccc(/C(N)=N/O)nc2)C1C. The zero-order valence-electron chi connectivity index (χ0n) is 10.9. The Bertz CT molecular complexity index is 429. The van der Waals surface area contributed by atoms with Gasteiger partial charge in [0.25, 0.3) is 0 Å². The van der Waals surface area contributed by atoms with Crippen LogP contribution in [-0.2, 0) is 0 Å². The molecule has 0 aliphatic carbocycles. The fourth-order valence-electron chi connectivity index (χ4n) is 2.46. The topological polar surface area (TPSA) is 74.7 Å². The molecule has 3 N–H and O–H groups in total. The second-order valence-electron chi connectivity index (χ2n) is 4.94. The van der Waals surface area contributed by atoms with Crippen LogP contribution < -0.4 is 10.6 Å². The molecule has 1 aliphatic rings. The minimum Gasteiger partial charge on any atom is -0.409 e. The number of rotatable bonds is 2. The highest BCUT2D eigenvalue weighted by molar-refractivity contribution is 5.95. The third-order valence-electron chi connectivity index (χ3n) is 3.82. The van der Waals surface area contributed by atoms with Gasteiger partial charge in [-0.3, -0.25) is 4.98 Å². The molecule has 18 heavy (non-hydrogen) atoms. The third-order valence-corrected chi connectivity index (χ3v) is 3.82. The van der Waals surface area contributed by atoms with E-state index in [-0.39, 0.29) is 5.84 Å². The van der Waals surface area contributed by atoms with Gasteiger partial charge in [0.2, 0.25) is 0 Å². The van der Waals surface area contributed by atoms with Crippen molar-refractivity contribution in [3.05, 3.63) is 24.0 Å². The van der Waals surface area contributed by atoms with Crippen LogP contribution in [0.3, 0.4) is 0 Å². The lowest BCUT2D eigenvalue weighted by Gasteiger charge is -2.39. The molecule has 1 aliphatic heterocycles. The zero-order chi connectivity index (χ0) is 13.1. The molecule has 1 aromatic heterocycles. The second kappa shape index (κ2) is 5.25. The Hall–Kier alpha value is -1.78. The van der Waals surface area contributed by atoms with Crippen LogP contribution in [0.15, 0.2) is 23.5 Å². The highest BCUT2D eigenvalue weighted by Crippen LogP contribution is 2.27. The van der Waals surface area contributed by atoms with Gasteiger partial charge >= 0.3 is 0 Å². The van der Waals surface area contributed by atoms with Crippen molar-refractivity contribution >= 4 is 11.5 Å². The smallest absolute Gasteiger partial charge is 0.188 e. The second-order valence-corrected chi connectivity index (χ2v) is 4.94. The Kier molecular flexibility index (Phi) is 3.69. The quantitative estimate of drug-likeness (QED) is 0.362. The number of piperidine rings is 1. The predicted octanol–water partition coefficient (Wildman–Crippen LogP) is 1.80. The van der Waals surface area contributed by atoms with Crippen LogP contribution >= 0.6 is 0 Å². The van der Waals surface area contributed by atoms with Gasteiger partial charge in [-0.15, -0.1) is 0 Å². The van der Waals surface area contributed by atoms with Crippen molar-refractivity contribution in [2.45, 2.75) is 32.7 Å². The number of nitrogens with zero attached hydrogens (tertiary/aromatic N) is 3. The minimum absolute atomic E-state index is 0.0432. The van der Waals surface area contributed by atoms with Gasteiger partial charge in [-0.2, -0.15) is 0 Å².